The van der Waals surface area contributed by atoms with Gasteiger partial charge in [0.1, 0.15) is 0 Å². The smallest absolute Gasteiger partial charge is 0.241 e. The SMILES string of the molecule is CC1CNCCN1Cc1nc(-c2cccc(Cl)c2)no1.Cl. The van der Waals surface area contributed by atoms with Crippen LogP contribution < -0.4 is 5.32 Å². The Morgan fingerprint density at radius 2 is 2.33 bits per heavy atom. The number of aromatic nitrogens is 2. The number of nitrogens with one attached hydrogen (secondary N) is 1. The molecule has 1 unspecified atom stereocenters. The van der Waals surface area contributed by atoms with Gasteiger partial charge in [-0.15, -0.1) is 12.4 Å². The summed E-state index contributed by atoms with van der Waals surface area (Å²) >= 11 is 5.97. The highest BCUT2D eigenvalue weighted by Crippen LogP contribution is 2.20. The van der Waals surface area contributed by atoms with Crippen LogP contribution in [0.3, 0.4) is 0 Å². The van der Waals surface area contributed by atoms with Crippen molar-refractivity contribution in [3.63, 3.8) is 0 Å². The molecule has 0 saturated carbocycles. The summed E-state index contributed by atoms with van der Waals surface area (Å²) in [5, 5.41) is 8.07. The molecule has 1 aromatic heterocycles. The fourth-order valence-corrected chi connectivity index (χ4v) is 2.55. The zero-order chi connectivity index (χ0) is 13.9. The predicted molar refractivity (Wildman–Crippen MR) is 84.7 cm³/mol. The van der Waals surface area contributed by atoms with Crippen molar-refractivity contribution in [3.05, 3.63) is 35.2 Å². The van der Waals surface area contributed by atoms with Crippen molar-refractivity contribution in [1.82, 2.24) is 20.4 Å². The Morgan fingerprint density at radius 3 is 3.10 bits per heavy atom. The third-order valence-corrected chi connectivity index (χ3v) is 3.76. The Morgan fingerprint density at radius 1 is 1.48 bits per heavy atom. The van der Waals surface area contributed by atoms with E-state index in [-0.39, 0.29) is 12.4 Å². The fourth-order valence-electron chi connectivity index (χ4n) is 2.36. The molecule has 7 heteroatoms. The second-order valence-electron chi connectivity index (χ2n) is 5.05. The van der Waals surface area contributed by atoms with Gasteiger partial charge in [0.2, 0.25) is 11.7 Å². The molecule has 0 bridgehead atoms. The Balaban J connectivity index is 0.00000161. The second-order valence-corrected chi connectivity index (χ2v) is 5.48. The Kier molecular flexibility index (Phi) is 5.58. The van der Waals surface area contributed by atoms with Gasteiger partial charge in [0.15, 0.2) is 0 Å². The highest BCUT2D eigenvalue weighted by atomic mass is 35.5. The lowest BCUT2D eigenvalue weighted by Crippen LogP contribution is -2.49. The molecule has 1 N–H and O–H groups in total. The standard InChI is InChI=1S/C14H17ClN4O.ClH/c1-10-8-16-5-6-19(10)9-13-17-14(18-20-13)11-3-2-4-12(15)7-11;/h2-4,7,10,16H,5-6,8-9H2,1H3;1H. The summed E-state index contributed by atoms with van der Waals surface area (Å²) in [5.74, 6) is 1.24. The molecule has 0 amide bonds. The highest BCUT2D eigenvalue weighted by molar-refractivity contribution is 6.30. The summed E-state index contributed by atoms with van der Waals surface area (Å²) in [6.07, 6.45) is 0. The molecule has 2 heterocycles. The fraction of sp³-hybridized carbons (Fsp3) is 0.429. The summed E-state index contributed by atoms with van der Waals surface area (Å²) in [6.45, 7) is 5.88. The number of hydrogen-bond acceptors (Lipinski definition) is 5. The van der Waals surface area contributed by atoms with Gasteiger partial charge in [-0.3, -0.25) is 4.90 Å². The molecule has 1 aromatic carbocycles. The molecule has 2 aromatic rings. The Bertz CT molecular complexity index is 590. The molecule has 0 radical (unpaired) electrons. The van der Waals surface area contributed by atoms with E-state index in [9.17, 15) is 0 Å². The van der Waals surface area contributed by atoms with Crippen molar-refractivity contribution in [2.24, 2.45) is 0 Å². The zero-order valence-corrected chi connectivity index (χ0v) is 13.3. The van der Waals surface area contributed by atoms with Crippen molar-refractivity contribution in [2.45, 2.75) is 19.5 Å². The molecule has 3 rings (SSSR count). The maximum absolute atomic E-state index is 5.97. The minimum absolute atomic E-state index is 0. The van der Waals surface area contributed by atoms with Crippen molar-refractivity contribution in [1.29, 1.82) is 0 Å². The van der Waals surface area contributed by atoms with E-state index in [2.05, 4.69) is 27.3 Å². The van der Waals surface area contributed by atoms with E-state index < -0.39 is 0 Å². The molecule has 1 fully saturated rings. The lowest BCUT2D eigenvalue weighted by molar-refractivity contribution is 0.146. The van der Waals surface area contributed by atoms with Gasteiger partial charge in [0.25, 0.3) is 0 Å². The Labute approximate surface area is 135 Å². The monoisotopic (exact) mass is 328 g/mol. The number of rotatable bonds is 3. The highest BCUT2D eigenvalue weighted by Gasteiger charge is 2.20. The second kappa shape index (κ2) is 7.22. The van der Waals surface area contributed by atoms with Crippen LogP contribution in [0.5, 0.6) is 0 Å². The summed E-state index contributed by atoms with van der Waals surface area (Å²) in [6, 6.07) is 7.95. The van der Waals surface area contributed by atoms with Crippen molar-refractivity contribution >= 4 is 24.0 Å². The van der Waals surface area contributed by atoms with E-state index in [4.69, 9.17) is 16.1 Å². The summed E-state index contributed by atoms with van der Waals surface area (Å²) < 4.78 is 5.34. The van der Waals surface area contributed by atoms with Crippen LogP contribution in [-0.2, 0) is 6.54 Å². The van der Waals surface area contributed by atoms with Gasteiger partial charge in [-0.1, -0.05) is 28.9 Å². The number of nitrogens with zero attached hydrogens (tertiary/aromatic N) is 3. The molecule has 1 aliphatic rings. The first-order valence-electron chi connectivity index (χ1n) is 6.75. The topological polar surface area (TPSA) is 54.2 Å². The normalized spacial score (nSPS) is 19.2. The summed E-state index contributed by atoms with van der Waals surface area (Å²) in [5.41, 5.74) is 0.876. The van der Waals surface area contributed by atoms with E-state index in [0.717, 1.165) is 25.2 Å². The maximum Gasteiger partial charge on any atom is 0.241 e. The van der Waals surface area contributed by atoms with Crippen LogP contribution >= 0.6 is 24.0 Å². The number of benzene rings is 1. The molecule has 0 aliphatic carbocycles. The van der Waals surface area contributed by atoms with E-state index >= 15 is 0 Å². The summed E-state index contributed by atoms with van der Waals surface area (Å²) in [4.78, 5) is 6.79. The average molecular weight is 329 g/mol. The van der Waals surface area contributed by atoms with E-state index in [1.54, 1.807) is 0 Å². The minimum atomic E-state index is 0. The van der Waals surface area contributed by atoms with Crippen molar-refractivity contribution in [3.8, 4) is 11.4 Å². The van der Waals surface area contributed by atoms with Gasteiger partial charge in [0.05, 0.1) is 6.54 Å². The molecule has 1 aliphatic heterocycles. The lowest BCUT2D eigenvalue weighted by atomic mass is 10.2. The average Bonchev–Trinajstić information content (AvgIpc) is 2.90. The number of halogens is 2. The zero-order valence-electron chi connectivity index (χ0n) is 11.8. The molecule has 5 nitrogen and oxygen atoms in total. The Hall–Kier alpha value is -1.14. The van der Waals surface area contributed by atoms with Crippen LogP contribution in [0.4, 0.5) is 0 Å². The maximum atomic E-state index is 5.97. The van der Waals surface area contributed by atoms with Crippen LogP contribution in [0.25, 0.3) is 11.4 Å². The van der Waals surface area contributed by atoms with Crippen molar-refractivity contribution in [2.75, 3.05) is 19.6 Å². The third kappa shape index (κ3) is 3.95. The third-order valence-electron chi connectivity index (χ3n) is 3.53. The van der Waals surface area contributed by atoms with E-state index in [0.29, 0.717) is 29.3 Å². The molecule has 21 heavy (non-hydrogen) atoms. The van der Waals surface area contributed by atoms with Crippen LogP contribution in [0.1, 0.15) is 12.8 Å². The predicted octanol–water partition coefficient (Wildman–Crippen LogP) is 2.61. The first kappa shape index (κ1) is 16.2. The van der Waals surface area contributed by atoms with Crippen molar-refractivity contribution < 1.29 is 4.52 Å². The van der Waals surface area contributed by atoms with E-state index in [1.807, 2.05) is 24.3 Å². The minimum Gasteiger partial charge on any atom is -0.338 e. The molecule has 0 spiro atoms. The van der Waals surface area contributed by atoms with E-state index in [1.165, 1.54) is 0 Å². The first-order chi connectivity index (χ1) is 9.72. The lowest BCUT2D eigenvalue weighted by Gasteiger charge is -2.32. The van der Waals surface area contributed by atoms with Gasteiger partial charge in [0, 0.05) is 36.3 Å². The van der Waals surface area contributed by atoms with Crippen LogP contribution in [-0.4, -0.2) is 40.7 Å². The van der Waals surface area contributed by atoms with Gasteiger partial charge < -0.3 is 9.84 Å². The molecule has 114 valence electrons. The molecule has 1 saturated heterocycles. The number of hydrogen-bond donors (Lipinski definition) is 1. The van der Waals surface area contributed by atoms with Gasteiger partial charge in [-0.25, -0.2) is 0 Å². The molecular weight excluding hydrogens is 311 g/mol. The van der Waals surface area contributed by atoms with Gasteiger partial charge in [-0.2, -0.15) is 4.98 Å². The summed E-state index contributed by atoms with van der Waals surface area (Å²) in [7, 11) is 0. The quantitative estimate of drug-likeness (QED) is 0.938. The molecule has 1 atom stereocenters. The first-order valence-corrected chi connectivity index (χ1v) is 7.13. The largest absolute Gasteiger partial charge is 0.338 e. The van der Waals surface area contributed by atoms with Gasteiger partial charge in [-0.05, 0) is 19.1 Å². The van der Waals surface area contributed by atoms with Crippen LogP contribution in [0, 0.1) is 0 Å². The van der Waals surface area contributed by atoms with Crippen LogP contribution in [0.2, 0.25) is 5.02 Å². The van der Waals surface area contributed by atoms with Crippen LogP contribution in [0.15, 0.2) is 28.8 Å². The van der Waals surface area contributed by atoms with Gasteiger partial charge >= 0.3 is 0 Å². The molecular formula is C14H18Cl2N4O. The number of piperazine rings is 1.